The molecule has 0 heterocycles. The molecule has 6 heteroatoms. The Morgan fingerprint density at radius 1 is 0.500 bits per heavy atom. The fraction of sp³-hybridized carbons (Fsp3) is 0. The molecule has 4 nitrogen and oxygen atoms in total. The third-order valence-electron chi connectivity index (χ3n) is 0. The Balaban J connectivity index is 0. The molecule has 0 rings (SSSR count). The van der Waals surface area contributed by atoms with Crippen molar-refractivity contribution in [3.8, 4) is 0 Å². The molecule has 0 aromatic rings. The first-order valence-corrected chi connectivity index (χ1v) is 0. The Morgan fingerprint density at radius 3 is 0.500 bits per heavy atom. The minimum Gasteiger partial charge on any atom is -2.00 e. The maximum Gasteiger partial charge on any atom is 3.00 e. The van der Waals surface area contributed by atoms with Crippen LogP contribution in [0.25, 0.3) is 0 Å². The maximum absolute atomic E-state index is 0. The number of hydrogen-bond acceptors (Lipinski definition) is 0. The molecule has 43 valence electrons. The number of hydrogen-bond donors (Lipinski definition) is 0. The maximum atomic E-state index is 0. The summed E-state index contributed by atoms with van der Waals surface area (Å²) in [6, 6.07) is 0. The SMILES string of the molecule is [O-2].[O-2].[O-2].[O-2].[Tb+3].[V]. The van der Waals surface area contributed by atoms with Crippen LogP contribution in [-0.4, -0.2) is 0 Å². The van der Waals surface area contributed by atoms with E-state index in [0.717, 1.165) is 0 Å². The van der Waals surface area contributed by atoms with Gasteiger partial charge >= 0.3 is 38.6 Å². The van der Waals surface area contributed by atoms with Crippen LogP contribution < -0.4 is 0 Å². The molecule has 0 bridgehead atoms. The largest absolute Gasteiger partial charge is 3.00 e. The molecule has 0 fully saturated rings. The topological polar surface area (TPSA) is 114 Å². The fourth-order valence-corrected chi connectivity index (χ4v) is 0. The van der Waals surface area contributed by atoms with Gasteiger partial charge in [0.1, 0.15) is 0 Å². The van der Waals surface area contributed by atoms with Crippen LogP contribution in [0.1, 0.15) is 0 Å². The zero-order chi connectivity index (χ0) is 0. The van der Waals surface area contributed by atoms with Gasteiger partial charge in [-0.05, 0) is 0 Å². The van der Waals surface area contributed by atoms with Crippen LogP contribution in [-0.2, 0) is 40.5 Å². The Hall–Kier alpha value is 1.71. The van der Waals surface area contributed by atoms with Crippen LogP contribution in [0.4, 0.5) is 0 Å². The van der Waals surface area contributed by atoms with E-state index in [0.29, 0.717) is 0 Å². The summed E-state index contributed by atoms with van der Waals surface area (Å²) < 4.78 is 0. The molecule has 0 aliphatic rings. The van der Waals surface area contributed by atoms with Crippen molar-refractivity contribution in [1.82, 2.24) is 0 Å². The van der Waals surface area contributed by atoms with Crippen molar-refractivity contribution < 1.29 is 79.1 Å². The summed E-state index contributed by atoms with van der Waals surface area (Å²) in [6.07, 6.45) is 0. The molecule has 0 unspecified atom stereocenters. The van der Waals surface area contributed by atoms with Gasteiger partial charge in [-0.25, -0.2) is 0 Å². The molecule has 0 saturated carbocycles. The van der Waals surface area contributed by atoms with Gasteiger partial charge in [0.05, 0.1) is 0 Å². The molecule has 6 heavy (non-hydrogen) atoms. The second-order valence-electron chi connectivity index (χ2n) is 0. The van der Waals surface area contributed by atoms with Gasteiger partial charge in [0.15, 0.2) is 0 Å². The van der Waals surface area contributed by atoms with Crippen molar-refractivity contribution >= 4 is 0 Å². The van der Waals surface area contributed by atoms with Gasteiger partial charge in [0, 0.05) is 18.6 Å². The fourth-order valence-electron chi connectivity index (χ4n) is 0. The third-order valence-corrected chi connectivity index (χ3v) is 0. The summed E-state index contributed by atoms with van der Waals surface area (Å²) in [5.74, 6) is 0. The summed E-state index contributed by atoms with van der Waals surface area (Å²) in [4.78, 5) is 0. The zero-order valence-corrected chi connectivity index (χ0v) is 5.95. The standard InChI is InChI=1S/4O.Tb.V/q4*-2;+3;. The Labute approximate surface area is 78.2 Å². The van der Waals surface area contributed by atoms with E-state index in [2.05, 4.69) is 0 Å². The van der Waals surface area contributed by atoms with Gasteiger partial charge in [-0.2, -0.15) is 0 Å². The van der Waals surface area contributed by atoms with Gasteiger partial charge in [-0.15, -0.1) is 0 Å². The normalized spacial score (nSPS) is 0. The van der Waals surface area contributed by atoms with Crippen LogP contribution in [0.15, 0.2) is 0 Å². The molecule has 0 aromatic heterocycles. The van der Waals surface area contributed by atoms with Gasteiger partial charge in [0.25, 0.3) is 0 Å². The Bertz CT molecular complexity index is 7.51. The molecule has 0 atom stereocenters. The Morgan fingerprint density at radius 2 is 0.500 bits per heavy atom. The molecule has 0 aliphatic heterocycles. The van der Waals surface area contributed by atoms with Crippen LogP contribution in [0.2, 0.25) is 0 Å². The second kappa shape index (κ2) is 74.8. The summed E-state index contributed by atoms with van der Waals surface area (Å²) in [6.45, 7) is 0. The van der Waals surface area contributed by atoms with Crippen LogP contribution in [0.5, 0.6) is 0 Å². The van der Waals surface area contributed by atoms with E-state index in [4.69, 9.17) is 0 Å². The van der Waals surface area contributed by atoms with Crippen molar-refractivity contribution in [1.29, 1.82) is 0 Å². The van der Waals surface area contributed by atoms with E-state index in [1.54, 1.807) is 0 Å². The van der Waals surface area contributed by atoms with Gasteiger partial charge < -0.3 is 21.9 Å². The van der Waals surface area contributed by atoms with E-state index >= 15 is 0 Å². The summed E-state index contributed by atoms with van der Waals surface area (Å²) >= 11 is 0. The molecule has 0 aromatic carbocycles. The molecule has 0 saturated heterocycles. The quantitative estimate of drug-likeness (QED) is 0.567. The zero-order valence-electron chi connectivity index (χ0n) is 2.41. The molecular formula is O4TbV-5. The van der Waals surface area contributed by atoms with Crippen molar-refractivity contribution in [2.75, 3.05) is 0 Å². The van der Waals surface area contributed by atoms with Crippen LogP contribution >= 0.6 is 0 Å². The average molecular weight is 274 g/mol. The predicted molar refractivity (Wildman–Crippen MR) is 2.75 cm³/mol. The van der Waals surface area contributed by atoms with E-state index < -0.39 is 0 Å². The average Bonchev–Trinajstić information content (AvgIpc) is 0. The summed E-state index contributed by atoms with van der Waals surface area (Å²) in [5, 5.41) is 0. The molecule has 0 spiro atoms. The van der Waals surface area contributed by atoms with Crippen LogP contribution in [0.3, 0.4) is 0 Å². The van der Waals surface area contributed by atoms with E-state index in [1.807, 2.05) is 0 Å². The molecular weight excluding hydrogens is 274 g/mol. The smallest absolute Gasteiger partial charge is 2.00 e. The minimum absolute atomic E-state index is 0. The first kappa shape index (κ1) is 119. The van der Waals surface area contributed by atoms with Gasteiger partial charge in [-0.1, -0.05) is 0 Å². The molecule has 1 radical (unpaired) electrons. The Kier molecular flexibility index (Phi) is 1480. The van der Waals surface area contributed by atoms with Crippen LogP contribution in [0, 0.1) is 38.6 Å². The van der Waals surface area contributed by atoms with Crippen molar-refractivity contribution in [2.24, 2.45) is 0 Å². The van der Waals surface area contributed by atoms with Crippen molar-refractivity contribution in [3.05, 3.63) is 0 Å². The number of rotatable bonds is 0. The first-order valence-electron chi connectivity index (χ1n) is 0. The van der Waals surface area contributed by atoms with E-state index in [1.165, 1.54) is 0 Å². The van der Waals surface area contributed by atoms with Crippen molar-refractivity contribution in [3.63, 3.8) is 0 Å². The first-order chi connectivity index (χ1) is 0. The van der Waals surface area contributed by atoms with E-state index in [-0.39, 0.29) is 79.1 Å². The van der Waals surface area contributed by atoms with E-state index in [9.17, 15) is 0 Å². The van der Waals surface area contributed by atoms with Gasteiger partial charge in [0.2, 0.25) is 0 Å². The summed E-state index contributed by atoms with van der Waals surface area (Å²) in [5.41, 5.74) is 0. The van der Waals surface area contributed by atoms with Gasteiger partial charge in [-0.3, -0.25) is 0 Å². The third kappa shape index (κ3) is 43.3. The minimum atomic E-state index is 0. The monoisotopic (exact) mass is 274 g/mol. The predicted octanol–water partition coefficient (Wildman–Crippen LogP) is -0.478. The molecule has 0 aliphatic carbocycles. The molecule has 0 amide bonds. The van der Waals surface area contributed by atoms with Crippen molar-refractivity contribution in [2.45, 2.75) is 0 Å². The second-order valence-corrected chi connectivity index (χ2v) is 0. The summed E-state index contributed by atoms with van der Waals surface area (Å²) in [7, 11) is 0. The molecule has 0 N–H and O–H groups in total.